The third-order valence-corrected chi connectivity index (χ3v) is 6.91. The second kappa shape index (κ2) is 9.08. The van der Waals surface area contributed by atoms with Crippen molar-refractivity contribution in [2.75, 3.05) is 19.6 Å². The number of fused-ring (bicyclic) bond motifs is 1. The van der Waals surface area contributed by atoms with Gasteiger partial charge in [-0.15, -0.1) is 11.3 Å². The Bertz CT molecular complexity index is 1050. The Morgan fingerprint density at radius 3 is 2.48 bits per heavy atom. The number of aromatic nitrogens is 1. The lowest BCUT2D eigenvalue weighted by Crippen LogP contribution is -2.44. The molecule has 5 rings (SSSR count). The number of hydrogen-bond donors (Lipinski definition) is 0. The molecule has 160 valence electrons. The van der Waals surface area contributed by atoms with Crippen molar-refractivity contribution in [1.82, 2.24) is 14.8 Å². The Balaban J connectivity index is 1.27. The molecular formula is C24H25N3O3S. The summed E-state index contributed by atoms with van der Waals surface area (Å²) in [6.07, 6.45) is 5.40. The summed E-state index contributed by atoms with van der Waals surface area (Å²) in [6, 6.07) is 15.9. The molecule has 1 aliphatic heterocycles. The normalized spacial score (nSPS) is 16.9. The van der Waals surface area contributed by atoms with Crippen LogP contribution in [0.15, 0.2) is 69.9 Å². The second-order valence-electron chi connectivity index (χ2n) is 8.00. The third kappa shape index (κ3) is 4.73. The summed E-state index contributed by atoms with van der Waals surface area (Å²) in [5, 5.41) is 1.14. The summed E-state index contributed by atoms with van der Waals surface area (Å²) in [5.41, 5.74) is 1.05. The molecule has 0 bridgehead atoms. The minimum atomic E-state index is 0.143. The molecule has 4 heterocycles. The van der Waals surface area contributed by atoms with E-state index in [1.165, 1.54) is 4.70 Å². The number of hydrogen-bond acceptors (Lipinski definition) is 6. The van der Waals surface area contributed by atoms with Crippen LogP contribution in [0.4, 0.5) is 0 Å². The number of carbonyl (C=O) groups excluding carboxylic acids is 1. The largest absolute Gasteiger partial charge is 0.468 e. The van der Waals surface area contributed by atoms with Crippen molar-refractivity contribution < 1.29 is 13.6 Å². The monoisotopic (exact) mass is 435 g/mol. The van der Waals surface area contributed by atoms with Gasteiger partial charge >= 0.3 is 0 Å². The molecule has 3 aromatic heterocycles. The molecule has 1 amide bonds. The van der Waals surface area contributed by atoms with Crippen LogP contribution in [0, 0.1) is 0 Å². The topological polar surface area (TPSA) is 62.7 Å². The van der Waals surface area contributed by atoms with E-state index in [4.69, 9.17) is 13.8 Å². The molecule has 0 aliphatic carbocycles. The van der Waals surface area contributed by atoms with Gasteiger partial charge in [-0.05, 0) is 49.2 Å². The first-order valence-corrected chi connectivity index (χ1v) is 11.5. The Labute approximate surface area is 185 Å². The highest BCUT2D eigenvalue weighted by Crippen LogP contribution is 2.33. The predicted octanol–water partition coefficient (Wildman–Crippen LogP) is 4.89. The number of amides is 1. The number of rotatable bonds is 7. The summed E-state index contributed by atoms with van der Waals surface area (Å²) in [6.45, 7) is 2.99. The van der Waals surface area contributed by atoms with Crippen LogP contribution in [-0.2, 0) is 17.9 Å². The van der Waals surface area contributed by atoms with E-state index in [1.807, 2.05) is 41.3 Å². The van der Waals surface area contributed by atoms with Gasteiger partial charge in [0, 0.05) is 19.0 Å². The lowest BCUT2D eigenvalue weighted by molar-refractivity contribution is -0.134. The standard InChI is InChI=1S/C24H25N3O3S/c28-23(17-26(15-19-7-4-12-29-19)16-20-8-5-13-30-20)27-11-3-6-18(14-27)24-25-21-9-1-2-10-22(21)31-24/h1-2,4-5,7-10,12-13,18H,3,6,11,14-17H2. The highest BCUT2D eigenvalue weighted by Gasteiger charge is 2.28. The number of thiazole rings is 1. The van der Waals surface area contributed by atoms with Crippen LogP contribution in [0.5, 0.6) is 0 Å². The maximum Gasteiger partial charge on any atom is 0.236 e. The molecule has 6 nitrogen and oxygen atoms in total. The van der Waals surface area contributed by atoms with E-state index in [-0.39, 0.29) is 5.91 Å². The summed E-state index contributed by atoms with van der Waals surface area (Å²) in [7, 11) is 0. The van der Waals surface area contributed by atoms with Gasteiger partial charge in [-0.1, -0.05) is 12.1 Å². The van der Waals surface area contributed by atoms with E-state index < -0.39 is 0 Å². The molecule has 1 aromatic carbocycles. The van der Waals surface area contributed by atoms with Crippen LogP contribution in [0.2, 0.25) is 0 Å². The fraction of sp³-hybridized carbons (Fsp3) is 0.333. The van der Waals surface area contributed by atoms with Gasteiger partial charge in [0.2, 0.25) is 5.91 Å². The maximum atomic E-state index is 13.2. The van der Waals surface area contributed by atoms with Crippen molar-refractivity contribution >= 4 is 27.5 Å². The van der Waals surface area contributed by atoms with Crippen LogP contribution in [0.3, 0.4) is 0 Å². The minimum Gasteiger partial charge on any atom is -0.468 e. The second-order valence-corrected chi connectivity index (χ2v) is 9.06. The molecule has 1 fully saturated rings. The zero-order valence-corrected chi connectivity index (χ0v) is 18.1. The maximum absolute atomic E-state index is 13.2. The molecule has 1 aliphatic rings. The first kappa shape index (κ1) is 20.0. The van der Waals surface area contributed by atoms with E-state index >= 15 is 0 Å². The zero-order valence-electron chi connectivity index (χ0n) is 17.3. The summed E-state index contributed by atoms with van der Waals surface area (Å²) < 4.78 is 12.2. The molecule has 0 radical (unpaired) electrons. The van der Waals surface area contributed by atoms with Crippen molar-refractivity contribution in [2.45, 2.75) is 31.8 Å². The van der Waals surface area contributed by atoms with Crippen molar-refractivity contribution in [2.24, 2.45) is 0 Å². The van der Waals surface area contributed by atoms with Crippen LogP contribution in [0.1, 0.15) is 35.3 Å². The number of furan rings is 2. The summed E-state index contributed by atoms with van der Waals surface area (Å²) in [4.78, 5) is 22.1. The average molecular weight is 436 g/mol. The van der Waals surface area contributed by atoms with Crippen LogP contribution in [-0.4, -0.2) is 40.3 Å². The molecular weight excluding hydrogens is 410 g/mol. The molecule has 1 atom stereocenters. The Kier molecular flexibility index (Phi) is 5.86. The van der Waals surface area contributed by atoms with Crippen LogP contribution < -0.4 is 0 Å². The van der Waals surface area contributed by atoms with Crippen molar-refractivity contribution in [3.8, 4) is 0 Å². The van der Waals surface area contributed by atoms with Gasteiger partial charge in [0.05, 0.1) is 47.4 Å². The van der Waals surface area contributed by atoms with E-state index in [0.29, 0.717) is 25.6 Å². The van der Waals surface area contributed by atoms with Gasteiger partial charge in [0.15, 0.2) is 0 Å². The molecule has 7 heteroatoms. The molecule has 0 saturated carbocycles. The smallest absolute Gasteiger partial charge is 0.236 e. The minimum absolute atomic E-state index is 0.143. The van der Waals surface area contributed by atoms with E-state index in [2.05, 4.69) is 17.0 Å². The molecule has 1 saturated heterocycles. The highest BCUT2D eigenvalue weighted by atomic mass is 32.1. The number of para-hydroxylation sites is 1. The number of benzene rings is 1. The highest BCUT2D eigenvalue weighted by molar-refractivity contribution is 7.18. The lowest BCUT2D eigenvalue weighted by atomic mass is 9.98. The number of likely N-dealkylation sites (tertiary alicyclic amines) is 1. The van der Waals surface area contributed by atoms with Crippen molar-refractivity contribution in [3.63, 3.8) is 0 Å². The predicted molar refractivity (Wildman–Crippen MR) is 120 cm³/mol. The Morgan fingerprint density at radius 1 is 1.06 bits per heavy atom. The van der Waals surface area contributed by atoms with Crippen molar-refractivity contribution in [1.29, 1.82) is 0 Å². The van der Waals surface area contributed by atoms with Crippen molar-refractivity contribution in [3.05, 3.63) is 77.6 Å². The van der Waals surface area contributed by atoms with Crippen LogP contribution in [0.25, 0.3) is 10.2 Å². The van der Waals surface area contributed by atoms with Gasteiger partial charge in [0.1, 0.15) is 11.5 Å². The van der Waals surface area contributed by atoms with Gasteiger partial charge in [-0.25, -0.2) is 4.98 Å². The quantitative estimate of drug-likeness (QED) is 0.414. The lowest BCUT2D eigenvalue weighted by Gasteiger charge is -2.33. The molecule has 0 spiro atoms. The Morgan fingerprint density at radius 2 is 1.81 bits per heavy atom. The molecule has 1 unspecified atom stereocenters. The molecule has 31 heavy (non-hydrogen) atoms. The third-order valence-electron chi connectivity index (χ3n) is 5.71. The van der Waals surface area contributed by atoms with E-state index in [9.17, 15) is 4.79 Å². The fourth-order valence-corrected chi connectivity index (χ4v) is 5.27. The van der Waals surface area contributed by atoms with E-state index in [1.54, 1.807) is 23.9 Å². The number of piperidine rings is 1. The number of nitrogens with zero attached hydrogens (tertiary/aromatic N) is 3. The van der Waals surface area contributed by atoms with Gasteiger partial charge in [-0.3, -0.25) is 9.69 Å². The SMILES string of the molecule is O=C(CN(Cc1ccco1)Cc1ccco1)N1CCCC(c2nc3ccccc3s2)C1. The Hall–Kier alpha value is -2.90. The van der Waals surface area contributed by atoms with E-state index in [0.717, 1.165) is 48.0 Å². The number of carbonyl (C=O) groups is 1. The molecule has 4 aromatic rings. The first-order valence-electron chi connectivity index (χ1n) is 10.6. The van der Waals surface area contributed by atoms with Crippen LogP contribution >= 0.6 is 11.3 Å². The van der Waals surface area contributed by atoms with Gasteiger partial charge < -0.3 is 13.7 Å². The van der Waals surface area contributed by atoms with Gasteiger partial charge in [0.25, 0.3) is 0 Å². The van der Waals surface area contributed by atoms with Gasteiger partial charge in [-0.2, -0.15) is 0 Å². The summed E-state index contributed by atoms with van der Waals surface area (Å²) >= 11 is 1.75. The first-order chi connectivity index (χ1) is 15.2. The average Bonchev–Trinajstić information content (AvgIpc) is 3.55. The zero-order chi connectivity index (χ0) is 21.0. The molecule has 0 N–H and O–H groups in total. The fourth-order valence-electron chi connectivity index (χ4n) is 4.17. The summed E-state index contributed by atoms with van der Waals surface area (Å²) in [5.74, 6) is 2.12.